The van der Waals surface area contributed by atoms with E-state index < -0.39 is 0 Å². The second kappa shape index (κ2) is 6.26. The van der Waals surface area contributed by atoms with E-state index in [1.54, 1.807) is 31.2 Å². The van der Waals surface area contributed by atoms with Crippen LogP contribution in [0.3, 0.4) is 0 Å². The molecule has 0 spiro atoms. The molecule has 0 aliphatic carbocycles. The highest BCUT2D eigenvalue weighted by Gasteiger charge is 2.20. The summed E-state index contributed by atoms with van der Waals surface area (Å²) in [5.74, 6) is 0.849. The molecule has 1 aromatic carbocycles. The van der Waals surface area contributed by atoms with Crippen molar-refractivity contribution in [2.75, 3.05) is 14.2 Å². The van der Waals surface area contributed by atoms with Gasteiger partial charge < -0.3 is 13.9 Å². The van der Waals surface area contributed by atoms with Crippen LogP contribution < -0.4 is 9.47 Å². The molecule has 0 atom stereocenters. The van der Waals surface area contributed by atoms with Crippen LogP contribution in [0.1, 0.15) is 32.9 Å². The van der Waals surface area contributed by atoms with Gasteiger partial charge in [-0.1, -0.05) is 0 Å². The highest BCUT2D eigenvalue weighted by Crippen LogP contribution is 2.26. The molecule has 1 heterocycles. The fourth-order valence-electron chi connectivity index (χ4n) is 2.04. The molecule has 0 aliphatic heterocycles. The molecule has 1 aromatic heterocycles. The maximum atomic E-state index is 12.3. The summed E-state index contributed by atoms with van der Waals surface area (Å²) in [6, 6.07) is 6.46. The Morgan fingerprint density at radius 1 is 1.05 bits per heavy atom. The number of hydrogen-bond acceptors (Lipinski definition) is 5. The number of furan rings is 1. The van der Waals surface area contributed by atoms with Crippen molar-refractivity contribution in [2.45, 2.75) is 13.3 Å². The number of ketones is 2. The highest BCUT2D eigenvalue weighted by atomic mass is 16.5. The van der Waals surface area contributed by atoms with E-state index >= 15 is 0 Å². The first-order valence-corrected chi connectivity index (χ1v) is 6.39. The molecule has 0 aliphatic rings. The summed E-state index contributed by atoms with van der Waals surface area (Å²) in [6.45, 7) is 1.68. The summed E-state index contributed by atoms with van der Waals surface area (Å²) in [5.41, 5.74) is 0.747. The minimum atomic E-state index is -0.323. The van der Waals surface area contributed by atoms with Gasteiger partial charge in [0.2, 0.25) is 0 Å². The van der Waals surface area contributed by atoms with Gasteiger partial charge in [-0.2, -0.15) is 0 Å². The molecule has 0 unspecified atom stereocenters. The topological polar surface area (TPSA) is 65.7 Å². The maximum Gasteiger partial charge on any atom is 0.174 e. The zero-order valence-electron chi connectivity index (χ0n) is 12.1. The Labute approximate surface area is 122 Å². The molecule has 0 bridgehead atoms. The van der Waals surface area contributed by atoms with Gasteiger partial charge in [-0.15, -0.1) is 0 Å². The van der Waals surface area contributed by atoms with E-state index in [9.17, 15) is 9.59 Å². The number of rotatable bonds is 6. The minimum Gasteiger partial charge on any atom is -0.497 e. The van der Waals surface area contributed by atoms with Crippen molar-refractivity contribution in [1.29, 1.82) is 0 Å². The third kappa shape index (κ3) is 3.13. The number of benzene rings is 1. The van der Waals surface area contributed by atoms with E-state index in [0.29, 0.717) is 28.4 Å². The van der Waals surface area contributed by atoms with Crippen molar-refractivity contribution in [3.63, 3.8) is 0 Å². The largest absolute Gasteiger partial charge is 0.497 e. The molecular formula is C16H16O5. The Morgan fingerprint density at radius 2 is 1.76 bits per heavy atom. The number of carbonyl (C=O) groups is 2. The van der Waals surface area contributed by atoms with Crippen LogP contribution in [0, 0.1) is 6.92 Å². The van der Waals surface area contributed by atoms with Crippen LogP contribution in [-0.4, -0.2) is 25.8 Å². The van der Waals surface area contributed by atoms with Crippen molar-refractivity contribution in [3.05, 3.63) is 47.4 Å². The summed E-state index contributed by atoms with van der Waals surface area (Å²) in [7, 11) is 2.98. The zero-order chi connectivity index (χ0) is 15.4. The van der Waals surface area contributed by atoms with Gasteiger partial charge in [-0.05, 0) is 31.2 Å². The predicted octanol–water partition coefficient (Wildman–Crippen LogP) is 3.06. The molecule has 0 fully saturated rings. The van der Waals surface area contributed by atoms with Crippen LogP contribution in [0.25, 0.3) is 0 Å². The van der Waals surface area contributed by atoms with E-state index in [-0.39, 0.29) is 18.0 Å². The normalized spacial score (nSPS) is 10.2. The average molecular weight is 288 g/mol. The van der Waals surface area contributed by atoms with Crippen molar-refractivity contribution >= 4 is 11.6 Å². The quantitative estimate of drug-likeness (QED) is 0.603. The zero-order valence-corrected chi connectivity index (χ0v) is 12.1. The summed E-state index contributed by atoms with van der Waals surface area (Å²) in [5, 5.41) is 0. The Bertz CT molecular complexity index is 669. The third-order valence-electron chi connectivity index (χ3n) is 3.19. The highest BCUT2D eigenvalue weighted by molar-refractivity contribution is 6.14. The van der Waals surface area contributed by atoms with Crippen molar-refractivity contribution in [1.82, 2.24) is 0 Å². The van der Waals surface area contributed by atoms with Crippen LogP contribution >= 0.6 is 0 Å². The molecule has 5 heteroatoms. The fraction of sp³-hybridized carbons (Fsp3) is 0.250. The number of Topliss-reactive ketones (excluding diaryl/α,β-unsaturated/α-hetero) is 2. The van der Waals surface area contributed by atoms with Crippen molar-refractivity contribution < 1.29 is 23.5 Å². The lowest BCUT2D eigenvalue weighted by Crippen LogP contribution is -2.10. The van der Waals surface area contributed by atoms with Crippen LogP contribution in [0.5, 0.6) is 11.5 Å². The van der Waals surface area contributed by atoms with Crippen LogP contribution in [-0.2, 0) is 0 Å². The number of ether oxygens (including phenoxy) is 2. The van der Waals surface area contributed by atoms with Crippen LogP contribution in [0.4, 0.5) is 0 Å². The van der Waals surface area contributed by atoms with Gasteiger partial charge in [0.1, 0.15) is 17.3 Å². The Kier molecular flexibility index (Phi) is 4.42. The molecule has 2 rings (SSSR count). The summed E-state index contributed by atoms with van der Waals surface area (Å²) in [6.07, 6.45) is 1.18. The Morgan fingerprint density at radius 3 is 2.33 bits per heavy atom. The van der Waals surface area contributed by atoms with E-state index in [4.69, 9.17) is 13.9 Å². The van der Waals surface area contributed by atoms with Crippen molar-refractivity contribution in [2.24, 2.45) is 0 Å². The van der Waals surface area contributed by atoms with Crippen LogP contribution in [0.15, 0.2) is 34.9 Å². The molecule has 0 amide bonds. The second-order valence-electron chi connectivity index (χ2n) is 4.48. The first kappa shape index (κ1) is 14.8. The lowest BCUT2D eigenvalue weighted by molar-refractivity contribution is 0.0892. The molecule has 21 heavy (non-hydrogen) atoms. The summed E-state index contributed by atoms with van der Waals surface area (Å²) >= 11 is 0. The lowest BCUT2D eigenvalue weighted by Gasteiger charge is -2.09. The average Bonchev–Trinajstić information content (AvgIpc) is 2.92. The van der Waals surface area contributed by atoms with Crippen molar-refractivity contribution in [3.8, 4) is 11.5 Å². The first-order chi connectivity index (χ1) is 10.1. The smallest absolute Gasteiger partial charge is 0.174 e. The second-order valence-corrected chi connectivity index (χ2v) is 4.48. The fourth-order valence-corrected chi connectivity index (χ4v) is 2.04. The molecule has 0 saturated heterocycles. The van der Waals surface area contributed by atoms with Gasteiger partial charge in [0.25, 0.3) is 0 Å². The molecule has 110 valence electrons. The summed E-state index contributed by atoms with van der Waals surface area (Å²) < 4.78 is 15.3. The van der Waals surface area contributed by atoms with Gasteiger partial charge >= 0.3 is 0 Å². The van der Waals surface area contributed by atoms with Crippen LogP contribution in [0.2, 0.25) is 0 Å². The third-order valence-corrected chi connectivity index (χ3v) is 3.19. The minimum absolute atomic E-state index is 0.246. The van der Waals surface area contributed by atoms with Gasteiger partial charge in [0.05, 0.1) is 38.0 Å². The van der Waals surface area contributed by atoms with Gasteiger partial charge in [0, 0.05) is 0 Å². The Hall–Kier alpha value is -2.56. The molecule has 5 nitrogen and oxygen atoms in total. The maximum absolute atomic E-state index is 12.3. The molecular weight excluding hydrogens is 272 g/mol. The van der Waals surface area contributed by atoms with E-state index in [0.717, 1.165) is 0 Å². The number of aryl methyl sites for hydroxylation is 1. The lowest BCUT2D eigenvalue weighted by atomic mass is 10.0. The van der Waals surface area contributed by atoms with E-state index in [2.05, 4.69) is 0 Å². The molecule has 0 N–H and O–H groups in total. The molecule has 2 aromatic rings. The van der Waals surface area contributed by atoms with Gasteiger partial charge in [0.15, 0.2) is 11.6 Å². The van der Waals surface area contributed by atoms with E-state index in [1.165, 1.54) is 20.5 Å². The molecule has 0 radical (unpaired) electrons. The standard InChI is InChI=1S/C16H16O5/c1-10-12(6-7-21-10)14(17)9-15(18)13-8-11(19-2)4-5-16(13)20-3/h4-8H,9H2,1-3H3. The van der Waals surface area contributed by atoms with Gasteiger partial charge in [-0.25, -0.2) is 0 Å². The monoisotopic (exact) mass is 288 g/mol. The number of carbonyl (C=O) groups excluding carboxylic acids is 2. The predicted molar refractivity (Wildman–Crippen MR) is 76.3 cm³/mol. The number of hydrogen-bond donors (Lipinski definition) is 0. The first-order valence-electron chi connectivity index (χ1n) is 6.39. The number of methoxy groups -OCH3 is 2. The van der Waals surface area contributed by atoms with E-state index in [1.807, 2.05) is 0 Å². The Balaban J connectivity index is 2.24. The summed E-state index contributed by atoms with van der Waals surface area (Å²) in [4.78, 5) is 24.4. The molecule has 0 saturated carbocycles. The van der Waals surface area contributed by atoms with Gasteiger partial charge in [-0.3, -0.25) is 9.59 Å². The SMILES string of the molecule is COc1ccc(OC)c(C(=O)CC(=O)c2ccoc2C)c1.